The van der Waals surface area contributed by atoms with E-state index in [0.29, 0.717) is 5.95 Å². The Balaban J connectivity index is 2.50. The first-order valence-corrected chi connectivity index (χ1v) is 6.57. The van der Waals surface area contributed by atoms with Gasteiger partial charge in [-0.2, -0.15) is 0 Å². The number of benzene rings is 1. The Labute approximate surface area is 112 Å². The van der Waals surface area contributed by atoms with Crippen molar-refractivity contribution in [3.8, 4) is 0 Å². The van der Waals surface area contributed by atoms with Crippen LogP contribution in [0.4, 0.5) is 5.95 Å². The summed E-state index contributed by atoms with van der Waals surface area (Å²) in [5, 5.41) is 1.10. The van der Waals surface area contributed by atoms with Crippen LogP contribution in [0, 0.1) is 0 Å². The lowest BCUT2D eigenvalue weighted by atomic mass is 10.0. The number of hydrogen-bond donors (Lipinski definition) is 1. The van der Waals surface area contributed by atoms with Gasteiger partial charge in [0.25, 0.3) is 0 Å². The molecular formula is C15H18N4. The number of nitrogens with zero attached hydrogens (tertiary/aromatic N) is 3. The summed E-state index contributed by atoms with van der Waals surface area (Å²) >= 11 is 0. The Morgan fingerprint density at radius 3 is 2.68 bits per heavy atom. The minimum absolute atomic E-state index is 0.0665. The maximum Gasteiger partial charge on any atom is 0.201 e. The van der Waals surface area contributed by atoms with Gasteiger partial charge in [0, 0.05) is 10.9 Å². The summed E-state index contributed by atoms with van der Waals surface area (Å²) in [7, 11) is 0. The molecule has 4 heteroatoms. The van der Waals surface area contributed by atoms with Gasteiger partial charge < -0.3 is 10.3 Å². The smallest absolute Gasteiger partial charge is 0.201 e. The van der Waals surface area contributed by atoms with Crippen molar-refractivity contribution in [3.05, 3.63) is 30.5 Å². The number of fused-ring (bicyclic) bond motifs is 3. The summed E-state index contributed by atoms with van der Waals surface area (Å²) in [6.45, 7) is 6.52. The maximum atomic E-state index is 6.13. The Morgan fingerprint density at radius 2 is 1.95 bits per heavy atom. The molecule has 2 aromatic heterocycles. The molecule has 0 saturated carbocycles. The zero-order chi connectivity index (χ0) is 13.6. The molecule has 0 amide bonds. The van der Waals surface area contributed by atoms with E-state index < -0.39 is 0 Å². The average molecular weight is 254 g/mol. The summed E-state index contributed by atoms with van der Waals surface area (Å²) in [5.74, 6) is 0.556. The molecule has 0 aliphatic heterocycles. The highest BCUT2D eigenvalue weighted by molar-refractivity contribution is 6.03. The summed E-state index contributed by atoms with van der Waals surface area (Å²) in [6, 6.07) is 8.11. The number of aromatic nitrogens is 3. The summed E-state index contributed by atoms with van der Waals surface area (Å²) < 4.78 is 2.13. The normalized spacial score (nSPS) is 12.4. The highest BCUT2D eigenvalue weighted by atomic mass is 15.2. The van der Waals surface area contributed by atoms with Crippen LogP contribution < -0.4 is 5.73 Å². The maximum absolute atomic E-state index is 6.13. The third kappa shape index (κ3) is 1.67. The molecule has 0 unspecified atom stereocenters. The van der Waals surface area contributed by atoms with Gasteiger partial charge in [0.05, 0.1) is 17.2 Å². The van der Waals surface area contributed by atoms with Crippen molar-refractivity contribution in [2.45, 2.75) is 32.7 Å². The quantitative estimate of drug-likeness (QED) is 0.763. The number of anilines is 1. The summed E-state index contributed by atoms with van der Waals surface area (Å²) in [6.07, 6.45) is 2.79. The second-order valence-electron chi connectivity index (χ2n) is 5.48. The molecule has 3 rings (SSSR count). The standard InChI is InChI=1S/C15H18N4/c1-4-15(2,3)19-13-10-7-5-6-8-11(10)17-9-12(13)18-14(19)16/h5-9H,4H2,1-3H3,(H2,16,18). The van der Waals surface area contributed by atoms with Crippen molar-refractivity contribution in [3.63, 3.8) is 0 Å². The molecule has 0 atom stereocenters. The Morgan fingerprint density at radius 1 is 1.21 bits per heavy atom. The third-order valence-corrected chi connectivity index (χ3v) is 3.89. The van der Waals surface area contributed by atoms with E-state index in [4.69, 9.17) is 5.73 Å². The average Bonchev–Trinajstić information content (AvgIpc) is 2.76. The van der Waals surface area contributed by atoms with E-state index in [1.54, 1.807) is 6.20 Å². The second kappa shape index (κ2) is 3.95. The molecule has 2 heterocycles. The fraction of sp³-hybridized carbons (Fsp3) is 0.333. The Hall–Kier alpha value is -2.10. The van der Waals surface area contributed by atoms with Crippen LogP contribution in [0.15, 0.2) is 30.5 Å². The predicted molar refractivity (Wildman–Crippen MR) is 79.1 cm³/mol. The lowest BCUT2D eigenvalue weighted by Gasteiger charge is -2.27. The second-order valence-corrected chi connectivity index (χ2v) is 5.48. The molecule has 0 bridgehead atoms. The van der Waals surface area contributed by atoms with Crippen molar-refractivity contribution in [2.75, 3.05) is 5.73 Å². The fourth-order valence-electron chi connectivity index (χ4n) is 2.49. The van der Waals surface area contributed by atoms with Crippen LogP contribution in [0.25, 0.3) is 21.9 Å². The Kier molecular flexibility index (Phi) is 2.49. The first-order valence-electron chi connectivity index (χ1n) is 6.57. The third-order valence-electron chi connectivity index (χ3n) is 3.89. The number of nitrogens with two attached hydrogens (primary N) is 1. The van der Waals surface area contributed by atoms with E-state index in [9.17, 15) is 0 Å². The SMILES string of the molecule is CCC(C)(C)n1c(N)nc2cnc3ccccc3c21. The lowest BCUT2D eigenvalue weighted by Crippen LogP contribution is -2.26. The first-order chi connectivity index (χ1) is 9.04. The van der Waals surface area contributed by atoms with Crippen LogP contribution in [-0.4, -0.2) is 14.5 Å². The van der Waals surface area contributed by atoms with Crippen molar-refractivity contribution in [2.24, 2.45) is 0 Å². The molecule has 0 fully saturated rings. The number of nitrogen functional groups attached to an aromatic ring is 1. The van der Waals surface area contributed by atoms with E-state index in [2.05, 4.69) is 41.4 Å². The monoisotopic (exact) mass is 254 g/mol. The molecule has 0 aliphatic carbocycles. The van der Waals surface area contributed by atoms with Gasteiger partial charge in [0.1, 0.15) is 5.52 Å². The molecule has 19 heavy (non-hydrogen) atoms. The van der Waals surface area contributed by atoms with E-state index >= 15 is 0 Å². The molecule has 4 nitrogen and oxygen atoms in total. The van der Waals surface area contributed by atoms with Gasteiger partial charge in [0.15, 0.2) is 0 Å². The van der Waals surface area contributed by atoms with Crippen molar-refractivity contribution < 1.29 is 0 Å². The molecule has 0 aliphatic rings. The fourth-order valence-corrected chi connectivity index (χ4v) is 2.49. The summed E-state index contributed by atoms with van der Waals surface area (Å²) in [5.41, 5.74) is 8.98. The number of rotatable bonds is 2. The molecule has 0 spiro atoms. The van der Waals surface area contributed by atoms with E-state index in [1.807, 2.05) is 18.2 Å². The van der Waals surface area contributed by atoms with Crippen LogP contribution in [-0.2, 0) is 5.54 Å². The van der Waals surface area contributed by atoms with E-state index in [0.717, 1.165) is 28.4 Å². The first kappa shape index (κ1) is 12.0. The minimum Gasteiger partial charge on any atom is -0.369 e. The molecule has 3 aromatic rings. The predicted octanol–water partition coefficient (Wildman–Crippen LogP) is 3.31. The number of imidazole rings is 1. The van der Waals surface area contributed by atoms with Crippen LogP contribution >= 0.6 is 0 Å². The topological polar surface area (TPSA) is 56.7 Å². The van der Waals surface area contributed by atoms with Crippen LogP contribution in [0.3, 0.4) is 0 Å². The van der Waals surface area contributed by atoms with Crippen LogP contribution in [0.1, 0.15) is 27.2 Å². The zero-order valence-corrected chi connectivity index (χ0v) is 11.5. The number of pyridine rings is 1. The number of hydrogen-bond acceptors (Lipinski definition) is 3. The van der Waals surface area contributed by atoms with Crippen LogP contribution in [0.5, 0.6) is 0 Å². The van der Waals surface area contributed by atoms with Crippen molar-refractivity contribution >= 4 is 27.9 Å². The molecule has 0 radical (unpaired) electrons. The van der Waals surface area contributed by atoms with E-state index in [-0.39, 0.29) is 5.54 Å². The minimum atomic E-state index is -0.0665. The Bertz CT molecular complexity index is 755. The molecule has 2 N–H and O–H groups in total. The van der Waals surface area contributed by atoms with Gasteiger partial charge in [-0.3, -0.25) is 4.98 Å². The van der Waals surface area contributed by atoms with Gasteiger partial charge in [-0.05, 0) is 26.3 Å². The van der Waals surface area contributed by atoms with Gasteiger partial charge >= 0.3 is 0 Å². The van der Waals surface area contributed by atoms with Crippen molar-refractivity contribution in [1.82, 2.24) is 14.5 Å². The van der Waals surface area contributed by atoms with Gasteiger partial charge in [-0.15, -0.1) is 0 Å². The highest BCUT2D eigenvalue weighted by Gasteiger charge is 2.24. The van der Waals surface area contributed by atoms with Crippen molar-refractivity contribution in [1.29, 1.82) is 0 Å². The van der Waals surface area contributed by atoms with Gasteiger partial charge in [0.2, 0.25) is 5.95 Å². The number of para-hydroxylation sites is 1. The molecule has 0 saturated heterocycles. The molecular weight excluding hydrogens is 236 g/mol. The van der Waals surface area contributed by atoms with E-state index in [1.165, 1.54) is 0 Å². The highest BCUT2D eigenvalue weighted by Crippen LogP contribution is 2.32. The van der Waals surface area contributed by atoms with Gasteiger partial charge in [-0.1, -0.05) is 25.1 Å². The summed E-state index contributed by atoms with van der Waals surface area (Å²) in [4.78, 5) is 8.90. The molecule has 1 aromatic carbocycles. The lowest BCUT2D eigenvalue weighted by molar-refractivity contribution is 0.358. The zero-order valence-electron chi connectivity index (χ0n) is 11.5. The van der Waals surface area contributed by atoms with Gasteiger partial charge in [-0.25, -0.2) is 4.98 Å². The largest absolute Gasteiger partial charge is 0.369 e. The molecule has 98 valence electrons. The van der Waals surface area contributed by atoms with Crippen LogP contribution in [0.2, 0.25) is 0 Å².